The molecule has 0 spiro atoms. The van der Waals surface area contributed by atoms with Crippen molar-refractivity contribution in [2.45, 2.75) is 20.4 Å². The summed E-state index contributed by atoms with van der Waals surface area (Å²) >= 11 is 0. The first-order valence-electron chi connectivity index (χ1n) is 5.56. The number of rotatable bonds is 2. The maximum atomic E-state index is 11.6. The summed E-state index contributed by atoms with van der Waals surface area (Å²) in [5, 5.41) is 4.28. The minimum atomic E-state index is -0.233. The molecule has 0 aliphatic rings. The van der Waals surface area contributed by atoms with Crippen molar-refractivity contribution >= 4 is 5.69 Å². The van der Waals surface area contributed by atoms with Crippen LogP contribution in [-0.2, 0) is 6.54 Å². The van der Waals surface area contributed by atoms with Crippen molar-refractivity contribution in [3.63, 3.8) is 0 Å². The quantitative estimate of drug-likeness (QED) is 0.854. The van der Waals surface area contributed by atoms with Crippen molar-refractivity contribution in [3.8, 4) is 11.3 Å². The molecule has 4 nitrogen and oxygen atoms in total. The molecule has 0 saturated carbocycles. The van der Waals surface area contributed by atoms with Crippen LogP contribution in [0.1, 0.15) is 12.5 Å². The number of aryl methyl sites for hydroxylation is 2. The van der Waals surface area contributed by atoms with Crippen molar-refractivity contribution in [1.29, 1.82) is 0 Å². The molecule has 17 heavy (non-hydrogen) atoms. The van der Waals surface area contributed by atoms with Crippen LogP contribution >= 0.6 is 0 Å². The molecule has 1 aromatic carbocycles. The van der Waals surface area contributed by atoms with E-state index >= 15 is 0 Å². The summed E-state index contributed by atoms with van der Waals surface area (Å²) in [5.74, 6) is 0. The number of hydrogen-bond donors (Lipinski definition) is 1. The molecule has 2 rings (SSSR count). The Bertz CT molecular complexity index is 585. The second-order valence-corrected chi connectivity index (χ2v) is 3.97. The summed E-state index contributed by atoms with van der Waals surface area (Å²) < 4.78 is 1.38. The number of benzene rings is 1. The highest BCUT2D eigenvalue weighted by molar-refractivity contribution is 5.62. The third kappa shape index (κ3) is 2.20. The molecule has 2 aromatic rings. The fraction of sp³-hybridized carbons (Fsp3) is 0.231. The van der Waals surface area contributed by atoms with E-state index in [2.05, 4.69) is 5.10 Å². The number of nitrogens with two attached hydrogens (primary N) is 1. The number of hydrogen-bond acceptors (Lipinski definition) is 3. The van der Waals surface area contributed by atoms with E-state index in [1.54, 1.807) is 6.07 Å². The first-order valence-corrected chi connectivity index (χ1v) is 5.56. The molecule has 1 heterocycles. The first-order chi connectivity index (χ1) is 8.11. The van der Waals surface area contributed by atoms with Crippen LogP contribution in [0.4, 0.5) is 5.69 Å². The third-order valence-corrected chi connectivity index (χ3v) is 2.65. The highest BCUT2D eigenvalue weighted by atomic mass is 16.1. The molecule has 0 amide bonds. The molecule has 0 fully saturated rings. The van der Waals surface area contributed by atoms with Crippen LogP contribution in [0.5, 0.6) is 0 Å². The van der Waals surface area contributed by atoms with Gasteiger partial charge in [0.25, 0.3) is 5.56 Å². The Morgan fingerprint density at radius 1 is 1.29 bits per heavy atom. The summed E-state index contributed by atoms with van der Waals surface area (Å²) in [6.07, 6.45) is 0. The van der Waals surface area contributed by atoms with Crippen LogP contribution in [0.3, 0.4) is 0 Å². The van der Waals surface area contributed by atoms with Gasteiger partial charge in [-0.25, -0.2) is 4.68 Å². The van der Waals surface area contributed by atoms with Gasteiger partial charge in [0.15, 0.2) is 0 Å². The summed E-state index contributed by atoms with van der Waals surface area (Å²) in [5.41, 5.74) is 8.57. The molecule has 0 aliphatic carbocycles. The van der Waals surface area contributed by atoms with Gasteiger partial charge in [0.05, 0.1) is 5.69 Å². The number of nitrogens with zero attached hydrogens (tertiary/aromatic N) is 2. The molecule has 0 atom stereocenters. The average molecular weight is 229 g/mol. The fourth-order valence-electron chi connectivity index (χ4n) is 1.64. The second kappa shape index (κ2) is 4.41. The monoisotopic (exact) mass is 229 g/mol. The van der Waals surface area contributed by atoms with E-state index in [1.807, 2.05) is 38.1 Å². The van der Waals surface area contributed by atoms with Gasteiger partial charge in [0.2, 0.25) is 0 Å². The van der Waals surface area contributed by atoms with Crippen LogP contribution in [0, 0.1) is 6.92 Å². The van der Waals surface area contributed by atoms with Crippen molar-refractivity contribution in [2.75, 3.05) is 5.73 Å². The highest BCUT2D eigenvalue weighted by Crippen LogP contribution is 2.17. The molecule has 1 aromatic heterocycles. The van der Waals surface area contributed by atoms with Gasteiger partial charge in [-0.1, -0.05) is 29.8 Å². The lowest BCUT2D eigenvalue weighted by atomic mass is 10.1. The SMILES string of the molecule is CCn1nc(-c2ccc(C)cc2)cc(N)c1=O. The Morgan fingerprint density at radius 2 is 1.94 bits per heavy atom. The highest BCUT2D eigenvalue weighted by Gasteiger charge is 2.06. The van der Waals surface area contributed by atoms with Gasteiger partial charge in [0, 0.05) is 12.1 Å². The van der Waals surface area contributed by atoms with E-state index in [4.69, 9.17) is 5.73 Å². The maximum Gasteiger partial charge on any atom is 0.289 e. The Balaban J connectivity index is 2.56. The minimum Gasteiger partial charge on any atom is -0.394 e. The molecular weight excluding hydrogens is 214 g/mol. The molecule has 88 valence electrons. The Morgan fingerprint density at radius 3 is 2.53 bits per heavy atom. The predicted molar refractivity (Wildman–Crippen MR) is 68.8 cm³/mol. The van der Waals surface area contributed by atoms with E-state index in [0.717, 1.165) is 11.3 Å². The number of nitrogen functional groups attached to an aromatic ring is 1. The lowest BCUT2D eigenvalue weighted by Gasteiger charge is -2.07. The van der Waals surface area contributed by atoms with Crippen LogP contribution in [0.25, 0.3) is 11.3 Å². The van der Waals surface area contributed by atoms with Crippen LogP contribution in [0.2, 0.25) is 0 Å². The van der Waals surface area contributed by atoms with Gasteiger partial charge in [-0.05, 0) is 19.9 Å². The molecule has 0 saturated heterocycles. The van der Waals surface area contributed by atoms with E-state index in [9.17, 15) is 4.79 Å². The van der Waals surface area contributed by atoms with E-state index < -0.39 is 0 Å². The Kier molecular flexibility index (Phi) is 2.95. The standard InChI is InChI=1S/C13H15N3O/c1-3-16-13(17)11(14)8-12(15-16)10-6-4-9(2)5-7-10/h4-8H,3,14H2,1-2H3. The number of aromatic nitrogens is 2. The Labute approximate surface area is 99.7 Å². The second-order valence-electron chi connectivity index (χ2n) is 3.97. The molecular formula is C13H15N3O. The Hall–Kier alpha value is -2.10. The van der Waals surface area contributed by atoms with E-state index in [0.29, 0.717) is 6.54 Å². The summed E-state index contributed by atoms with van der Waals surface area (Å²) in [6.45, 7) is 4.41. The zero-order valence-corrected chi connectivity index (χ0v) is 9.97. The minimum absolute atomic E-state index is 0.233. The van der Waals surface area contributed by atoms with E-state index in [1.165, 1.54) is 10.2 Å². The van der Waals surface area contributed by atoms with Crippen molar-refractivity contribution in [3.05, 3.63) is 46.2 Å². The van der Waals surface area contributed by atoms with Crippen LogP contribution < -0.4 is 11.3 Å². The van der Waals surface area contributed by atoms with Gasteiger partial charge < -0.3 is 5.73 Å². The molecule has 2 N–H and O–H groups in total. The fourth-order valence-corrected chi connectivity index (χ4v) is 1.64. The molecule has 0 radical (unpaired) electrons. The average Bonchev–Trinajstić information content (AvgIpc) is 2.33. The summed E-state index contributed by atoms with van der Waals surface area (Å²) in [4.78, 5) is 11.6. The summed E-state index contributed by atoms with van der Waals surface area (Å²) in [6, 6.07) is 9.59. The smallest absolute Gasteiger partial charge is 0.289 e. The molecule has 0 aliphatic heterocycles. The van der Waals surface area contributed by atoms with E-state index in [-0.39, 0.29) is 11.2 Å². The first kappa shape index (κ1) is 11.4. The molecule has 0 unspecified atom stereocenters. The van der Waals surface area contributed by atoms with Crippen molar-refractivity contribution in [1.82, 2.24) is 9.78 Å². The third-order valence-electron chi connectivity index (χ3n) is 2.65. The van der Waals surface area contributed by atoms with Gasteiger partial charge in [-0.3, -0.25) is 4.79 Å². The number of anilines is 1. The predicted octanol–water partition coefficient (Wildman–Crippen LogP) is 1.82. The van der Waals surface area contributed by atoms with Gasteiger partial charge in [0.1, 0.15) is 5.69 Å². The van der Waals surface area contributed by atoms with Gasteiger partial charge >= 0.3 is 0 Å². The zero-order valence-electron chi connectivity index (χ0n) is 9.97. The largest absolute Gasteiger partial charge is 0.394 e. The topological polar surface area (TPSA) is 60.9 Å². The molecule has 4 heteroatoms. The maximum absolute atomic E-state index is 11.6. The zero-order chi connectivity index (χ0) is 12.4. The van der Waals surface area contributed by atoms with Gasteiger partial charge in [-0.2, -0.15) is 5.10 Å². The molecule has 0 bridgehead atoms. The van der Waals surface area contributed by atoms with Crippen LogP contribution in [0.15, 0.2) is 35.1 Å². The van der Waals surface area contributed by atoms with Gasteiger partial charge in [-0.15, -0.1) is 0 Å². The lowest BCUT2D eigenvalue weighted by Crippen LogP contribution is -2.24. The normalized spacial score (nSPS) is 10.5. The lowest BCUT2D eigenvalue weighted by molar-refractivity contribution is 0.621. The van der Waals surface area contributed by atoms with Crippen molar-refractivity contribution in [2.24, 2.45) is 0 Å². The van der Waals surface area contributed by atoms with Crippen LogP contribution in [-0.4, -0.2) is 9.78 Å². The van der Waals surface area contributed by atoms with Crippen molar-refractivity contribution < 1.29 is 0 Å². The summed E-state index contributed by atoms with van der Waals surface area (Å²) in [7, 11) is 0.